The minimum Gasteiger partial charge on any atom is -0.406 e. The molecule has 2 heterocycles. The lowest BCUT2D eigenvalue weighted by molar-refractivity contribution is -0.274. The summed E-state index contributed by atoms with van der Waals surface area (Å²) in [6.45, 7) is 3.47. The van der Waals surface area contributed by atoms with Gasteiger partial charge in [-0.1, -0.05) is 0 Å². The van der Waals surface area contributed by atoms with Gasteiger partial charge in [-0.15, -0.1) is 13.2 Å². The van der Waals surface area contributed by atoms with Crippen molar-refractivity contribution < 1.29 is 26.3 Å². The first-order chi connectivity index (χ1) is 13.6. The Morgan fingerprint density at radius 3 is 2.38 bits per heavy atom. The van der Waals surface area contributed by atoms with Crippen LogP contribution in [0, 0.1) is 6.92 Å². The van der Waals surface area contributed by atoms with Crippen molar-refractivity contribution in [2.24, 2.45) is 0 Å². The highest BCUT2D eigenvalue weighted by Gasteiger charge is 2.31. The van der Waals surface area contributed by atoms with Crippen LogP contribution in [0.1, 0.15) is 30.7 Å². The van der Waals surface area contributed by atoms with Gasteiger partial charge in [0.05, 0.1) is 17.1 Å². The predicted octanol–water partition coefficient (Wildman–Crippen LogP) is 3.15. The van der Waals surface area contributed by atoms with E-state index in [1.54, 1.807) is 6.07 Å². The van der Waals surface area contributed by atoms with Crippen LogP contribution in [0.3, 0.4) is 0 Å². The van der Waals surface area contributed by atoms with Crippen LogP contribution >= 0.6 is 0 Å². The minimum atomic E-state index is -4.84. The van der Waals surface area contributed by atoms with Crippen LogP contribution in [-0.4, -0.2) is 37.8 Å². The molecule has 0 aliphatic carbocycles. The van der Waals surface area contributed by atoms with Crippen molar-refractivity contribution in [2.45, 2.75) is 44.0 Å². The molecule has 7 nitrogen and oxygen atoms in total. The summed E-state index contributed by atoms with van der Waals surface area (Å²) >= 11 is 0. The molecule has 0 bridgehead atoms. The summed E-state index contributed by atoms with van der Waals surface area (Å²) in [6, 6.07) is 5.69. The van der Waals surface area contributed by atoms with E-state index in [0.717, 1.165) is 55.9 Å². The average molecular weight is 430 g/mol. The molecule has 2 aromatic rings. The van der Waals surface area contributed by atoms with Crippen molar-refractivity contribution in [1.29, 1.82) is 0 Å². The summed E-state index contributed by atoms with van der Waals surface area (Å²) < 4.78 is 67.7. The third kappa shape index (κ3) is 6.04. The Balaban J connectivity index is 1.69. The fourth-order valence-electron chi connectivity index (χ4n) is 3.02. The molecule has 1 saturated heterocycles. The number of ether oxygens (including phenoxy) is 1. The van der Waals surface area contributed by atoms with Gasteiger partial charge < -0.3 is 9.64 Å². The van der Waals surface area contributed by atoms with Gasteiger partial charge in [-0.05, 0) is 56.5 Å². The van der Waals surface area contributed by atoms with Crippen molar-refractivity contribution in [3.63, 3.8) is 0 Å². The Morgan fingerprint density at radius 2 is 1.76 bits per heavy atom. The van der Waals surface area contributed by atoms with Crippen LogP contribution in [0.4, 0.5) is 19.1 Å². The summed E-state index contributed by atoms with van der Waals surface area (Å²) in [5.41, 5.74) is 1.24. The lowest BCUT2D eigenvalue weighted by atomic mass is 10.1. The number of alkyl halides is 3. The van der Waals surface area contributed by atoms with Crippen molar-refractivity contribution in [3.8, 4) is 5.75 Å². The van der Waals surface area contributed by atoms with E-state index >= 15 is 0 Å². The number of piperidine rings is 1. The van der Waals surface area contributed by atoms with E-state index in [2.05, 4.69) is 24.3 Å². The highest BCUT2D eigenvalue weighted by atomic mass is 32.2. The largest absolute Gasteiger partial charge is 0.573 e. The number of hydrogen-bond acceptors (Lipinski definition) is 6. The topological polar surface area (TPSA) is 84.4 Å². The molecule has 1 aliphatic rings. The van der Waals surface area contributed by atoms with E-state index in [4.69, 9.17) is 0 Å². The molecule has 0 amide bonds. The molecule has 1 N–H and O–H groups in total. The molecule has 0 unspecified atom stereocenters. The monoisotopic (exact) mass is 430 g/mol. The third-order valence-corrected chi connectivity index (χ3v) is 5.76. The van der Waals surface area contributed by atoms with Crippen LogP contribution in [0.25, 0.3) is 0 Å². The van der Waals surface area contributed by atoms with Gasteiger partial charge in [-0.2, -0.15) is 0 Å². The maximum Gasteiger partial charge on any atom is 0.573 e. The Kier molecular flexibility index (Phi) is 6.27. The SMILES string of the molecule is Cc1cc(CNS(=O)(=O)c2ccc(OC(F)(F)F)cc2)nc(N2CCCCC2)n1. The van der Waals surface area contributed by atoms with Gasteiger partial charge in [0, 0.05) is 18.8 Å². The molecule has 29 heavy (non-hydrogen) atoms. The molecule has 1 fully saturated rings. The number of aryl methyl sites for hydroxylation is 1. The van der Waals surface area contributed by atoms with Gasteiger partial charge in [0.15, 0.2) is 0 Å². The molecule has 158 valence electrons. The van der Waals surface area contributed by atoms with Gasteiger partial charge in [-0.3, -0.25) is 0 Å². The van der Waals surface area contributed by atoms with Gasteiger partial charge in [0.1, 0.15) is 5.75 Å². The van der Waals surface area contributed by atoms with Crippen LogP contribution < -0.4 is 14.4 Å². The standard InChI is InChI=1S/C18H21F3N4O3S/c1-13-11-14(24-17(23-13)25-9-3-2-4-10-25)12-22-29(26,27)16-7-5-15(6-8-16)28-18(19,20)21/h5-8,11,22H,2-4,9-10,12H2,1H3. The smallest absolute Gasteiger partial charge is 0.406 e. The van der Waals surface area contributed by atoms with E-state index in [1.807, 2.05) is 6.92 Å². The number of nitrogens with zero attached hydrogens (tertiary/aromatic N) is 3. The zero-order valence-corrected chi connectivity index (χ0v) is 16.6. The number of aromatic nitrogens is 2. The number of benzene rings is 1. The first-order valence-corrected chi connectivity index (χ1v) is 10.6. The third-order valence-electron chi connectivity index (χ3n) is 4.35. The van der Waals surface area contributed by atoms with Gasteiger partial charge in [0.2, 0.25) is 16.0 Å². The van der Waals surface area contributed by atoms with Crippen molar-refractivity contribution in [1.82, 2.24) is 14.7 Å². The molecular weight excluding hydrogens is 409 g/mol. The summed E-state index contributed by atoms with van der Waals surface area (Å²) in [5, 5.41) is 0. The molecule has 11 heteroatoms. The van der Waals surface area contributed by atoms with Crippen LogP contribution in [0.15, 0.2) is 35.2 Å². The highest BCUT2D eigenvalue weighted by Crippen LogP contribution is 2.24. The quantitative estimate of drug-likeness (QED) is 0.758. The maximum absolute atomic E-state index is 12.4. The van der Waals surface area contributed by atoms with Crippen LogP contribution in [0.5, 0.6) is 5.75 Å². The highest BCUT2D eigenvalue weighted by molar-refractivity contribution is 7.89. The van der Waals surface area contributed by atoms with E-state index in [9.17, 15) is 21.6 Å². The lowest BCUT2D eigenvalue weighted by Gasteiger charge is -2.27. The number of anilines is 1. The second-order valence-electron chi connectivity index (χ2n) is 6.69. The number of halogens is 3. The van der Waals surface area contributed by atoms with E-state index < -0.39 is 22.1 Å². The van der Waals surface area contributed by atoms with Crippen LogP contribution in [0.2, 0.25) is 0 Å². The molecule has 1 aromatic carbocycles. The first kappa shape index (κ1) is 21.3. The molecule has 0 atom stereocenters. The average Bonchev–Trinajstić information content (AvgIpc) is 2.66. The number of rotatable bonds is 6. The van der Waals surface area contributed by atoms with Crippen LogP contribution in [-0.2, 0) is 16.6 Å². The second kappa shape index (κ2) is 8.54. The van der Waals surface area contributed by atoms with Crippen molar-refractivity contribution in [3.05, 3.63) is 41.7 Å². The molecule has 3 rings (SSSR count). The Labute approximate surface area is 167 Å². The molecular formula is C18H21F3N4O3S. The Bertz CT molecular complexity index is 944. The zero-order valence-electron chi connectivity index (χ0n) is 15.7. The lowest BCUT2D eigenvalue weighted by Crippen LogP contribution is -2.32. The van der Waals surface area contributed by atoms with Crippen molar-refractivity contribution in [2.75, 3.05) is 18.0 Å². The first-order valence-electron chi connectivity index (χ1n) is 9.07. The summed E-state index contributed by atoms with van der Waals surface area (Å²) in [5.74, 6) is 0.0848. The summed E-state index contributed by atoms with van der Waals surface area (Å²) in [6.07, 6.45) is -1.54. The Hall–Kier alpha value is -2.40. The van der Waals surface area contributed by atoms with Gasteiger partial charge >= 0.3 is 6.36 Å². The Morgan fingerprint density at radius 1 is 1.10 bits per heavy atom. The summed E-state index contributed by atoms with van der Waals surface area (Å²) in [7, 11) is -3.93. The van der Waals surface area contributed by atoms with E-state index in [0.29, 0.717) is 11.6 Å². The fraction of sp³-hybridized carbons (Fsp3) is 0.444. The van der Waals surface area contributed by atoms with Crippen molar-refractivity contribution >= 4 is 16.0 Å². The fourth-order valence-corrected chi connectivity index (χ4v) is 4.01. The molecule has 0 radical (unpaired) electrons. The molecule has 0 spiro atoms. The van der Waals surface area contributed by atoms with Gasteiger partial charge in [0.25, 0.3) is 0 Å². The second-order valence-corrected chi connectivity index (χ2v) is 8.46. The summed E-state index contributed by atoms with van der Waals surface area (Å²) in [4.78, 5) is 10.8. The van der Waals surface area contributed by atoms with Gasteiger partial charge in [-0.25, -0.2) is 23.1 Å². The molecule has 0 saturated carbocycles. The number of hydrogen-bond donors (Lipinski definition) is 1. The van der Waals surface area contributed by atoms with E-state index in [1.165, 1.54) is 6.42 Å². The molecule has 1 aromatic heterocycles. The minimum absolute atomic E-state index is 0.0622. The predicted molar refractivity (Wildman–Crippen MR) is 100.0 cm³/mol. The number of sulfonamides is 1. The molecule has 1 aliphatic heterocycles. The normalized spacial score (nSPS) is 15.4. The maximum atomic E-state index is 12.4. The zero-order chi connectivity index (χ0) is 21.1. The number of nitrogens with one attached hydrogen (secondary N) is 1. The van der Waals surface area contributed by atoms with E-state index in [-0.39, 0.29) is 11.4 Å².